The minimum absolute atomic E-state index is 0.00213. The molecule has 0 spiro atoms. The first-order valence-corrected chi connectivity index (χ1v) is 4.01. The molecule has 0 bridgehead atoms. The number of hydrogen-bond acceptors (Lipinski definition) is 3. The number of ether oxygens (including phenoxy) is 1. The quantitative estimate of drug-likeness (QED) is 0.753. The van der Waals surface area contributed by atoms with Gasteiger partial charge in [-0.3, -0.25) is 9.78 Å². The molecule has 70 valence electrons. The van der Waals surface area contributed by atoms with Crippen LogP contribution in [0.4, 0.5) is 0 Å². The summed E-state index contributed by atoms with van der Waals surface area (Å²) in [5.41, 5.74) is 5.51. The molecule has 2 N–H and O–H groups in total. The minimum atomic E-state index is -0.502. The predicted molar refractivity (Wildman–Crippen MR) is 48.5 cm³/mol. The van der Waals surface area contributed by atoms with Crippen molar-refractivity contribution in [1.29, 1.82) is 0 Å². The summed E-state index contributed by atoms with van der Waals surface area (Å²) in [6.45, 7) is 3.75. The molecular weight excluding hydrogens is 168 g/mol. The van der Waals surface area contributed by atoms with Gasteiger partial charge >= 0.3 is 0 Å². The lowest BCUT2D eigenvalue weighted by Gasteiger charge is -2.11. The van der Waals surface area contributed by atoms with Crippen molar-refractivity contribution < 1.29 is 9.53 Å². The molecule has 0 radical (unpaired) electrons. The zero-order valence-electron chi connectivity index (χ0n) is 7.65. The number of primary amides is 1. The molecule has 0 unspecified atom stereocenters. The fourth-order valence-corrected chi connectivity index (χ4v) is 0.931. The van der Waals surface area contributed by atoms with E-state index in [1.165, 1.54) is 12.4 Å². The van der Waals surface area contributed by atoms with E-state index >= 15 is 0 Å². The molecular formula is C9H12N2O2. The van der Waals surface area contributed by atoms with E-state index in [2.05, 4.69) is 4.98 Å². The second kappa shape index (κ2) is 3.89. The summed E-state index contributed by atoms with van der Waals surface area (Å²) in [7, 11) is 0. The van der Waals surface area contributed by atoms with Crippen molar-refractivity contribution in [3.05, 3.63) is 24.0 Å². The van der Waals surface area contributed by atoms with Gasteiger partial charge in [-0.1, -0.05) is 0 Å². The van der Waals surface area contributed by atoms with Crippen LogP contribution in [0, 0.1) is 0 Å². The molecule has 0 saturated heterocycles. The lowest BCUT2D eigenvalue weighted by molar-refractivity contribution is 0.0994. The van der Waals surface area contributed by atoms with Crippen LogP contribution in [0.25, 0.3) is 0 Å². The highest BCUT2D eigenvalue weighted by atomic mass is 16.5. The first kappa shape index (κ1) is 9.51. The minimum Gasteiger partial charge on any atom is -0.489 e. The summed E-state index contributed by atoms with van der Waals surface area (Å²) in [6, 6.07) is 1.54. The van der Waals surface area contributed by atoms with E-state index < -0.39 is 5.91 Å². The highest BCUT2D eigenvalue weighted by molar-refractivity contribution is 5.95. The molecule has 0 saturated carbocycles. The lowest BCUT2D eigenvalue weighted by Crippen LogP contribution is -2.15. The van der Waals surface area contributed by atoms with Crippen LogP contribution in [0.1, 0.15) is 24.2 Å². The molecule has 0 aromatic carbocycles. The zero-order chi connectivity index (χ0) is 9.84. The summed E-state index contributed by atoms with van der Waals surface area (Å²) >= 11 is 0. The SMILES string of the molecule is CC(C)Oc1cnccc1C(N)=O. The normalized spacial score (nSPS) is 10.1. The Balaban J connectivity index is 2.98. The molecule has 1 aromatic heterocycles. The highest BCUT2D eigenvalue weighted by Gasteiger charge is 2.09. The maximum absolute atomic E-state index is 10.9. The fraction of sp³-hybridized carbons (Fsp3) is 0.333. The number of hydrogen-bond donors (Lipinski definition) is 1. The average molecular weight is 180 g/mol. The van der Waals surface area contributed by atoms with Gasteiger partial charge in [0.25, 0.3) is 5.91 Å². The number of carbonyl (C=O) groups excluding carboxylic acids is 1. The molecule has 0 atom stereocenters. The van der Waals surface area contributed by atoms with Gasteiger partial charge in [0.05, 0.1) is 17.9 Å². The van der Waals surface area contributed by atoms with Crippen LogP contribution in [0.2, 0.25) is 0 Å². The number of nitrogens with two attached hydrogens (primary N) is 1. The molecule has 0 fully saturated rings. The van der Waals surface area contributed by atoms with Gasteiger partial charge in [-0.2, -0.15) is 0 Å². The molecule has 4 heteroatoms. The molecule has 1 amide bonds. The fourth-order valence-electron chi connectivity index (χ4n) is 0.931. The molecule has 1 rings (SSSR count). The van der Waals surface area contributed by atoms with Crippen LogP contribution in [-0.2, 0) is 0 Å². The van der Waals surface area contributed by atoms with Gasteiger partial charge < -0.3 is 10.5 Å². The molecule has 0 aliphatic rings. The molecule has 1 aromatic rings. The molecule has 0 aliphatic carbocycles. The van der Waals surface area contributed by atoms with E-state index in [0.29, 0.717) is 11.3 Å². The highest BCUT2D eigenvalue weighted by Crippen LogP contribution is 2.16. The van der Waals surface area contributed by atoms with Crippen LogP contribution < -0.4 is 10.5 Å². The maximum atomic E-state index is 10.9. The standard InChI is InChI=1S/C9H12N2O2/c1-6(2)13-8-5-11-4-3-7(8)9(10)12/h3-6H,1-2H3,(H2,10,12). The number of rotatable bonds is 3. The molecule has 4 nitrogen and oxygen atoms in total. The summed E-state index contributed by atoms with van der Waals surface area (Å²) in [5, 5.41) is 0. The lowest BCUT2D eigenvalue weighted by atomic mass is 10.2. The summed E-state index contributed by atoms with van der Waals surface area (Å²) < 4.78 is 5.34. The van der Waals surface area contributed by atoms with Gasteiger partial charge in [0.2, 0.25) is 0 Å². The van der Waals surface area contributed by atoms with Crippen LogP contribution >= 0.6 is 0 Å². The van der Waals surface area contributed by atoms with Gasteiger partial charge in [0.15, 0.2) is 5.75 Å². The number of nitrogens with zero attached hydrogens (tertiary/aromatic N) is 1. The smallest absolute Gasteiger partial charge is 0.252 e. The third-order valence-corrected chi connectivity index (χ3v) is 1.41. The first-order chi connectivity index (χ1) is 6.11. The Morgan fingerprint density at radius 2 is 2.31 bits per heavy atom. The van der Waals surface area contributed by atoms with Gasteiger partial charge in [0.1, 0.15) is 0 Å². The Morgan fingerprint density at radius 1 is 1.62 bits per heavy atom. The van der Waals surface area contributed by atoms with E-state index in [1.807, 2.05) is 13.8 Å². The van der Waals surface area contributed by atoms with Crippen molar-refractivity contribution in [1.82, 2.24) is 4.98 Å². The van der Waals surface area contributed by atoms with Gasteiger partial charge in [0, 0.05) is 6.20 Å². The predicted octanol–water partition coefficient (Wildman–Crippen LogP) is 0.968. The summed E-state index contributed by atoms with van der Waals surface area (Å²) in [6.07, 6.45) is 3.00. The van der Waals surface area contributed by atoms with Crippen LogP contribution in [-0.4, -0.2) is 17.0 Å². The van der Waals surface area contributed by atoms with Crippen LogP contribution in [0.5, 0.6) is 5.75 Å². The van der Waals surface area contributed by atoms with Gasteiger partial charge in [-0.25, -0.2) is 0 Å². The second-order valence-corrected chi connectivity index (χ2v) is 2.90. The van der Waals surface area contributed by atoms with Crippen molar-refractivity contribution >= 4 is 5.91 Å². The van der Waals surface area contributed by atoms with E-state index in [0.717, 1.165) is 0 Å². The molecule has 13 heavy (non-hydrogen) atoms. The Hall–Kier alpha value is -1.58. The number of amides is 1. The van der Waals surface area contributed by atoms with Crippen LogP contribution in [0.15, 0.2) is 18.5 Å². The zero-order valence-corrected chi connectivity index (χ0v) is 7.65. The maximum Gasteiger partial charge on any atom is 0.252 e. The van der Waals surface area contributed by atoms with E-state index in [1.54, 1.807) is 6.07 Å². The van der Waals surface area contributed by atoms with Crippen molar-refractivity contribution in [2.75, 3.05) is 0 Å². The van der Waals surface area contributed by atoms with Crippen LogP contribution in [0.3, 0.4) is 0 Å². The number of aromatic nitrogens is 1. The number of pyridine rings is 1. The number of carbonyl (C=O) groups is 1. The second-order valence-electron chi connectivity index (χ2n) is 2.90. The Kier molecular flexibility index (Phi) is 2.84. The monoisotopic (exact) mass is 180 g/mol. The van der Waals surface area contributed by atoms with Crippen molar-refractivity contribution in [3.63, 3.8) is 0 Å². The average Bonchev–Trinajstić information content (AvgIpc) is 2.03. The van der Waals surface area contributed by atoms with Crippen molar-refractivity contribution in [3.8, 4) is 5.75 Å². The largest absolute Gasteiger partial charge is 0.489 e. The molecule has 0 aliphatic heterocycles. The Bertz CT molecular complexity index is 310. The summed E-state index contributed by atoms with van der Waals surface area (Å²) in [4.78, 5) is 14.8. The third-order valence-electron chi connectivity index (χ3n) is 1.41. The van der Waals surface area contributed by atoms with Crippen molar-refractivity contribution in [2.45, 2.75) is 20.0 Å². The van der Waals surface area contributed by atoms with Crippen molar-refractivity contribution in [2.24, 2.45) is 5.73 Å². The Morgan fingerprint density at radius 3 is 2.85 bits per heavy atom. The van der Waals surface area contributed by atoms with E-state index in [4.69, 9.17) is 10.5 Å². The Labute approximate surface area is 76.7 Å². The third kappa shape index (κ3) is 2.43. The summed E-state index contributed by atoms with van der Waals surface area (Å²) in [5.74, 6) is -0.0666. The van der Waals surface area contributed by atoms with Gasteiger partial charge in [-0.05, 0) is 19.9 Å². The first-order valence-electron chi connectivity index (χ1n) is 4.01. The molecule has 1 heterocycles. The van der Waals surface area contributed by atoms with E-state index in [9.17, 15) is 4.79 Å². The van der Waals surface area contributed by atoms with Gasteiger partial charge in [-0.15, -0.1) is 0 Å². The topological polar surface area (TPSA) is 65.2 Å². The van der Waals surface area contributed by atoms with E-state index in [-0.39, 0.29) is 6.10 Å².